The SMILES string of the molecule is O=C(Nc1cccc(Cl)c1)c1cc(O)c2c(c1)C(=O)c1cccc(O)c1C2=O. The fraction of sp³-hybridized carbons (Fsp3) is 0. The number of ketones is 2. The molecule has 0 heterocycles. The van der Waals surface area contributed by atoms with Crippen LogP contribution in [0.25, 0.3) is 0 Å². The summed E-state index contributed by atoms with van der Waals surface area (Å²) < 4.78 is 0. The highest BCUT2D eigenvalue weighted by Gasteiger charge is 2.35. The van der Waals surface area contributed by atoms with E-state index in [2.05, 4.69) is 5.32 Å². The minimum absolute atomic E-state index is 0.000906. The quantitative estimate of drug-likeness (QED) is 0.481. The molecular weight excluding hydrogens is 382 g/mol. The van der Waals surface area contributed by atoms with E-state index < -0.39 is 23.2 Å². The summed E-state index contributed by atoms with van der Waals surface area (Å²) in [6.07, 6.45) is 0. The van der Waals surface area contributed by atoms with Crippen molar-refractivity contribution in [1.82, 2.24) is 0 Å². The molecular formula is C21H12ClNO5. The number of benzene rings is 3. The van der Waals surface area contributed by atoms with Crippen LogP contribution >= 0.6 is 11.6 Å². The molecule has 0 saturated carbocycles. The Morgan fingerprint density at radius 2 is 1.54 bits per heavy atom. The molecule has 3 aromatic rings. The summed E-state index contributed by atoms with van der Waals surface area (Å²) in [6, 6.07) is 13.0. The Bertz CT molecular complexity index is 1190. The molecule has 0 radical (unpaired) electrons. The molecule has 0 saturated heterocycles. The maximum absolute atomic E-state index is 12.8. The maximum Gasteiger partial charge on any atom is 0.255 e. The smallest absolute Gasteiger partial charge is 0.255 e. The molecule has 1 aliphatic rings. The molecule has 3 aromatic carbocycles. The third-order valence-electron chi connectivity index (χ3n) is 4.45. The first-order chi connectivity index (χ1) is 13.4. The van der Waals surface area contributed by atoms with E-state index in [4.69, 9.17) is 11.6 Å². The number of halogens is 1. The van der Waals surface area contributed by atoms with Crippen molar-refractivity contribution < 1.29 is 24.6 Å². The number of fused-ring (bicyclic) bond motifs is 2. The van der Waals surface area contributed by atoms with Crippen LogP contribution in [0.4, 0.5) is 5.69 Å². The minimum atomic E-state index is -0.679. The third-order valence-corrected chi connectivity index (χ3v) is 4.68. The van der Waals surface area contributed by atoms with Crippen LogP contribution in [-0.2, 0) is 0 Å². The van der Waals surface area contributed by atoms with Crippen molar-refractivity contribution in [3.05, 3.63) is 87.4 Å². The van der Waals surface area contributed by atoms with Crippen molar-refractivity contribution in [3.63, 3.8) is 0 Å². The van der Waals surface area contributed by atoms with Gasteiger partial charge in [0.05, 0.1) is 11.1 Å². The molecule has 28 heavy (non-hydrogen) atoms. The Labute approximate surface area is 164 Å². The lowest BCUT2D eigenvalue weighted by Gasteiger charge is -2.20. The number of phenols is 2. The van der Waals surface area contributed by atoms with Gasteiger partial charge in [-0.2, -0.15) is 0 Å². The van der Waals surface area contributed by atoms with Crippen LogP contribution in [0.2, 0.25) is 5.02 Å². The number of hydrogen-bond acceptors (Lipinski definition) is 5. The van der Waals surface area contributed by atoms with E-state index in [0.717, 1.165) is 6.07 Å². The zero-order valence-electron chi connectivity index (χ0n) is 14.2. The number of aromatic hydroxyl groups is 2. The molecule has 0 aromatic heterocycles. The molecule has 4 rings (SSSR count). The number of carbonyl (C=O) groups is 3. The average Bonchev–Trinajstić information content (AvgIpc) is 2.65. The van der Waals surface area contributed by atoms with E-state index in [1.807, 2.05) is 0 Å². The monoisotopic (exact) mass is 393 g/mol. The fourth-order valence-electron chi connectivity index (χ4n) is 3.18. The van der Waals surface area contributed by atoms with Crippen LogP contribution in [-0.4, -0.2) is 27.7 Å². The zero-order chi connectivity index (χ0) is 20.0. The Kier molecular flexibility index (Phi) is 4.13. The number of phenolic OH excluding ortho intramolecular Hbond substituents is 2. The second-order valence-corrected chi connectivity index (χ2v) is 6.68. The Morgan fingerprint density at radius 3 is 2.29 bits per heavy atom. The van der Waals surface area contributed by atoms with Crippen molar-refractivity contribution >= 4 is 34.8 Å². The van der Waals surface area contributed by atoms with Crippen molar-refractivity contribution in [2.45, 2.75) is 0 Å². The molecule has 138 valence electrons. The molecule has 7 heteroatoms. The van der Waals surface area contributed by atoms with Crippen molar-refractivity contribution in [2.24, 2.45) is 0 Å². The molecule has 0 unspecified atom stereocenters. The lowest BCUT2D eigenvalue weighted by atomic mass is 9.82. The predicted octanol–water partition coefficient (Wildman–Crippen LogP) is 3.78. The van der Waals surface area contributed by atoms with Crippen LogP contribution < -0.4 is 5.32 Å². The van der Waals surface area contributed by atoms with Crippen LogP contribution in [0.1, 0.15) is 42.2 Å². The molecule has 0 atom stereocenters. The third kappa shape index (κ3) is 2.80. The normalized spacial score (nSPS) is 12.3. The number of anilines is 1. The van der Waals surface area contributed by atoms with Gasteiger partial charge in [-0.25, -0.2) is 0 Å². The topological polar surface area (TPSA) is 104 Å². The molecule has 0 aliphatic heterocycles. The molecule has 0 bridgehead atoms. The van der Waals surface area contributed by atoms with Gasteiger partial charge < -0.3 is 15.5 Å². The maximum atomic E-state index is 12.8. The molecule has 6 nitrogen and oxygen atoms in total. The minimum Gasteiger partial charge on any atom is -0.507 e. The second kappa shape index (κ2) is 6.51. The standard InChI is InChI=1S/C21H12ClNO5/c22-11-3-1-4-12(9-11)23-21(28)10-7-14-18(16(25)8-10)20(27)17-13(19(14)26)5-2-6-15(17)24/h1-9,24-25H,(H,23,28). The van der Waals surface area contributed by atoms with Gasteiger partial charge in [0.15, 0.2) is 5.78 Å². The summed E-state index contributed by atoms with van der Waals surface area (Å²) >= 11 is 5.90. The van der Waals surface area contributed by atoms with E-state index >= 15 is 0 Å². The average molecular weight is 394 g/mol. The lowest BCUT2D eigenvalue weighted by Crippen LogP contribution is -2.22. The van der Waals surface area contributed by atoms with Crippen LogP contribution in [0, 0.1) is 0 Å². The Balaban J connectivity index is 1.78. The number of amides is 1. The van der Waals surface area contributed by atoms with Gasteiger partial charge in [-0.3, -0.25) is 14.4 Å². The number of rotatable bonds is 2. The highest BCUT2D eigenvalue weighted by Crippen LogP contribution is 2.37. The Morgan fingerprint density at radius 1 is 0.821 bits per heavy atom. The first kappa shape index (κ1) is 17.8. The summed E-state index contributed by atoms with van der Waals surface area (Å²) in [5, 5.41) is 23.4. The molecule has 3 N–H and O–H groups in total. The first-order valence-corrected chi connectivity index (χ1v) is 8.60. The van der Waals surface area contributed by atoms with Gasteiger partial charge in [0, 0.05) is 27.4 Å². The van der Waals surface area contributed by atoms with Gasteiger partial charge in [-0.05, 0) is 36.4 Å². The van der Waals surface area contributed by atoms with E-state index in [0.29, 0.717) is 10.7 Å². The zero-order valence-corrected chi connectivity index (χ0v) is 14.9. The van der Waals surface area contributed by atoms with E-state index in [-0.39, 0.29) is 33.6 Å². The van der Waals surface area contributed by atoms with Gasteiger partial charge >= 0.3 is 0 Å². The molecule has 1 aliphatic carbocycles. The van der Waals surface area contributed by atoms with E-state index in [1.54, 1.807) is 24.3 Å². The van der Waals surface area contributed by atoms with Crippen molar-refractivity contribution in [2.75, 3.05) is 5.32 Å². The van der Waals surface area contributed by atoms with Gasteiger partial charge in [0.25, 0.3) is 5.91 Å². The largest absolute Gasteiger partial charge is 0.507 e. The van der Waals surface area contributed by atoms with Gasteiger partial charge in [-0.15, -0.1) is 0 Å². The number of nitrogens with one attached hydrogen (secondary N) is 1. The first-order valence-electron chi connectivity index (χ1n) is 8.22. The van der Waals surface area contributed by atoms with Gasteiger partial charge in [-0.1, -0.05) is 29.8 Å². The highest BCUT2D eigenvalue weighted by molar-refractivity contribution is 6.31. The molecule has 1 amide bonds. The number of carbonyl (C=O) groups excluding carboxylic acids is 3. The highest BCUT2D eigenvalue weighted by atomic mass is 35.5. The van der Waals surface area contributed by atoms with E-state index in [1.165, 1.54) is 24.3 Å². The summed E-state index contributed by atoms with van der Waals surface area (Å²) in [6.45, 7) is 0. The summed E-state index contributed by atoms with van der Waals surface area (Å²) in [5.41, 5.74) is -0.0401. The summed E-state index contributed by atoms with van der Waals surface area (Å²) in [7, 11) is 0. The molecule has 0 fully saturated rings. The number of hydrogen-bond donors (Lipinski definition) is 3. The van der Waals surface area contributed by atoms with Crippen LogP contribution in [0.15, 0.2) is 54.6 Å². The van der Waals surface area contributed by atoms with Crippen molar-refractivity contribution in [3.8, 4) is 11.5 Å². The van der Waals surface area contributed by atoms with Crippen LogP contribution in [0.3, 0.4) is 0 Å². The van der Waals surface area contributed by atoms with E-state index in [9.17, 15) is 24.6 Å². The van der Waals surface area contributed by atoms with Crippen LogP contribution in [0.5, 0.6) is 11.5 Å². The van der Waals surface area contributed by atoms with Gasteiger partial charge in [0.1, 0.15) is 11.5 Å². The second-order valence-electron chi connectivity index (χ2n) is 6.24. The lowest BCUT2D eigenvalue weighted by molar-refractivity contribution is 0.0972. The van der Waals surface area contributed by atoms with Crippen molar-refractivity contribution in [1.29, 1.82) is 0 Å². The van der Waals surface area contributed by atoms with Gasteiger partial charge in [0.2, 0.25) is 5.78 Å². The Hall–Kier alpha value is -3.64. The summed E-state index contributed by atoms with van der Waals surface area (Å²) in [5.74, 6) is -2.68. The molecule has 0 spiro atoms. The predicted molar refractivity (Wildman–Crippen MR) is 102 cm³/mol. The fourth-order valence-corrected chi connectivity index (χ4v) is 3.37. The summed E-state index contributed by atoms with van der Waals surface area (Å²) in [4.78, 5) is 38.1.